The first-order valence-electron chi connectivity index (χ1n) is 6.55. The second kappa shape index (κ2) is 6.36. The number of aromatic nitrogens is 1. The van der Waals surface area contributed by atoms with Crippen LogP contribution in [0.5, 0.6) is 0 Å². The zero-order chi connectivity index (χ0) is 15.4. The number of nitrogens with zero attached hydrogens (tertiary/aromatic N) is 2. The zero-order valence-electron chi connectivity index (χ0n) is 11.4. The quantitative estimate of drug-likeness (QED) is 0.582. The van der Waals surface area contributed by atoms with E-state index in [1.54, 1.807) is 18.2 Å². The maximum absolute atomic E-state index is 12.9. The van der Waals surface area contributed by atoms with Crippen LogP contribution in [-0.2, 0) is 0 Å². The van der Waals surface area contributed by atoms with E-state index >= 15 is 0 Å². The van der Waals surface area contributed by atoms with Crippen LogP contribution in [0.2, 0.25) is 0 Å². The van der Waals surface area contributed by atoms with Gasteiger partial charge in [-0.2, -0.15) is 9.49 Å². The Morgan fingerprint density at radius 2 is 1.91 bits per heavy atom. The lowest BCUT2D eigenvalue weighted by Gasteiger charge is -2.08. The van der Waals surface area contributed by atoms with Crippen LogP contribution in [0.1, 0.15) is 15.2 Å². The number of hydrogen-bond donors (Lipinski definition) is 1. The molecule has 0 saturated heterocycles. The Bertz CT molecular complexity index is 808. The first kappa shape index (κ1) is 14.2. The molecule has 4 nitrogen and oxygen atoms in total. The van der Waals surface area contributed by atoms with Crippen molar-refractivity contribution in [3.8, 4) is 5.69 Å². The molecule has 22 heavy (non-hydrogen) atoms. The highest BCUT2D eigenvalue weighted by Crippen LogP contribution is 2.15. The van der Waals surface area contributed by atoms with Crippen molar-refractivity contribution in [2.24, 2.45) is 5.10 Å². The first-order valence-corrected chi connectivity index (χ1v) is 7.37. The fourth-order valence-electron chi connectivity index (χ4n) is 2.00. The van der Waals surface area contributed by atoms with Crippen molar-refractivity contribution in [1.82, 2.24) is 9.99 Å². The molecule has 0 saturated carbocycles. The molecule has 0 atom stereocenters. The second-order valence-electron chi connectivity index (χ2n) is 4.45. The predicted octanol–water partition coefficient (Wildman–Crippen LogP) is 3.44. The number of thiophene rings is 1. The summed E-state index contributed by atoms with van der Waals surface area (Å²) in [6.45, 7) is 0. The number of hydrogen-bond acceptors (Lipinski definition) is 3. The van der Waals surface area contributed by atoms with Crippen molar-refractivity contribution >= 4 is 23.5 Å². The van der Waals surface area contributed by atoms with E-state index in [0.29, 0.717) is 10.4 Å². The molecule has 0 spiro atoms. The van der Waals surface area contributed by atoms with E-state index in [0.717, 1.165) is 17.0 Å². The van der Waals surface area contributed by atoms with E-state index in [1.165, 1.54) is 12.3 Å². The Morgan fingerprint density at radius 3 is 2.64 bits per heavy atom. The van der Waals surface area contributed by atoms with Crippen LogP contribution in [0, 0.1) is 5.13 Å². The summed E-state index contributed by atoms with van der Waals surface area (Å²) >= 11 is 0.965. The van der Waals surface area contributed by atoms with Gasteiger partial charge in [0.05, 0.1) is 22.3 Å². The summed E-state index contributed by atoms with van der Waals surface area (Å²) in [5.74, 6) is -0.322. The van der Waals surface area contributed by atoms with Gasteiger partial charge in [-0.05, 0) is 36.4 Å². The molecule has 0 fully saturated rings. The maximum atomic E-state index is 12.9. The Kier molecular flexibility index (Phi) is 4.11. The van der Waals surface area contributed by atoms with E-state index in [4.69, 9.17) is 0 Å². The minimum Gasteiger partial charge on any atom is -0.323 e. The van der Waals surface area contributed by atoms with Crippen molar-refractivity contribution in [2.75, 3.05) is 0 Å². The van der Waals surface area contributed by atoms with Gasteiger partial charge in [-0.15, -0.1) is 11.3 Å². The van der Waals surface area contributed by atoms with Gasteiger partial charge in [0.2, 0.25) is 0 Å². The molecule has 0 bridgehead atoms. The Balaban J connectivity index is 1.77. The van der Waals surface area contributed by atoms with Gasteiger partial charge >= 0.3 is 0 Å². The van der Waals surface area contributed by atoms with Crippen LogP contribution in [0.25, 0.3) is 5.69 Å². The fraction of sp³-hybridized carbons (Fsp3) is 0. The summed E-state index contributed by atoms with van der Waals surface area (Å²) in [7, 11) is 0. The average Bonchev–Trinajstić information content (AvgIpc) is 3.19. The standard InChI is InChI=1S/C16H12FN3OS/c17-15-8-7-12(22-15)11-18-19-16(21)13-5-1-2-6-14(13)20-9-3-4-10-20/h1-11H,(H,19,21)/b18-11-. The molecule has 0 radical (unpaired) electrons. The number of hydrazone groups is 1. The van der Waals surface area contributed by atoms with E-state index in [9.17, 15) is 9.18 Å². The minimum atomic E-state index is -0.322. The number of amides is 1. The van der Waals surface area contributed by atoms with Crippen molar-refractivity contribution in [2.45, 2.75) is 0 Å². The molecular formula is C16H12FN3OS. The Labute approximate surface area is 130 Å². The lowest BCUT2D eigenvalue weighted by molar-refractivity contribution is 0.0955. The van der Waals surface area contributed by atoms with Crippen LogP contribution >= 0.6 is 11.3 Å². The molecule has 0 unspecified atom stereocenters. The van der Waals surface area contributed by atoms with Gasteiger partial charge in [0, 0.05) is 12.4 Å². The Morgan fingerprint density at radius 1 is 1.14 bits per heavy atom. The monoisotopic (exact) mass is 313 g/mol. The molecule has 3 rings (SSSR count). The van der Waals surface area contributed by atoms with Crippen molar-refractivity contribution in [3.05, 3.63) is 76.5 Å². The fourth-order valence-corrected chi connectivity index (χ4v) is 2.60. The highest BCUT2D eigenvalue weighted by atomic mass is 32.1. The van der Waals surface area contributed by atoms with E-state index < -0.39 is 0 Å². The van der Waals surface area contributed by atoms with Gasteiger partial charge in [0.15, 0.2) is 5.13 Å². The van der Waals surface area contributed by atoms with E-state index in [2.05, 4.69) is 10.5 Å². The van der Waals surface area contributed by atoms with Crippen LogP contribution < -0.4 is 5.43 Å². The third-order valence-corrected chi connectivity index (χ3v) is 3.79. The molecule has 1 amide bonds. The number of halogens is 1. The smallest absolute Gasteiger partial charge is 0.273 e. The summed E-state index contributed by atoms with van der Waals surface area (Å²) in [5, 5.41) is 3.58. The van der Waals surface area contributed by atoms with Crippen LogP contribution in [0.3, 0.4) is 0 Å². The summed E-state index contributed by atoms with van der Waals surface area (Å²) in [5.41, 5.74) is 3.73. The number of carbonyl (C=O) groups is 1. The van der Waals surface area contributed by atoms with Crippen LogP contribution in [-0.4, -0.2) is 16.7 Å². The number of para-hydroxylation sites is 1. The summed E-state index contributed by atoms with van der Waals surface area (Å²) < 4.78 is 14.7. The van der Waals surface area contributed by atoms with Crippen LogP contribution in [0.15, 0.2) is 66.0 Å². The van der Waals surface area contributed by atoms with Gasteiger partial charge in [0.1, 0.15) is 0 Å². The first-order chi connectivity index (χ1) is 10.7. The third kappa shape index (κ3) is 3.12. The lowest BCUT2D eigenvalue weighted by Crippen LogP contribution is -2.19. The number of nitrogens with one attached hydrogen (secondary N) is 1. The van der Waals surface area contributed by atoms with Gasteiger partial charge in [0.25, 0.3) is 5.91 Å². The number of rotatable bonds is 4. The minimum absolute atomic E-state index is 0.286. The normalized spacial score (nSPS) is 11.0. The van der Waals surface area contributed by atoms with Gasteiger partial charge < -0.3 is 4.57 Å². The molecule has 1 N–H and O–H groups in total. The summed E-state index contributed by atoms with van der Waals surface area (Å²) in [6, 6.07) is 14.0. The molecule has 6 heteroatoms. The van der Waals surface area contributed by atoms with Crippen molar-refractivity contribution in [3.63, 3.8) is 0 Å². The molecular weight excluding hydrogens is 301 g/mol. The molecule has 0 aliphatic heterocycles. The van der Waals surface area contributed by atoms with Gasteiger partial charge in [-0.1, -0.05) is 12.1 Å². The topological polar surface area (TPSA) is 46.4 Å². The average molecular weight is 313 g/mol. The predicted molar refractivity (Wildman–Crippen MR) is 85.1 cm³/mol. The lowest BCUT2D eigenvalue weighted by atomic mass is 10.1. The van der Waals surface area contributed by atoms with Gasteiger partial charge in [-0.3, -0.25) is 4.79 Å². The molecule has 110 valence electrons. The third-order valence-electron chi connectivity index (χ3n) is 2.98. The molecule has 1 aromatic carbocycles. The largest absolute Gasteiger partial charge is 0.323 e. The summed E-state index contributed by atoms with van der Waals surface area (Å²) in [4.78, 5) is 12.9. The molecule has 0 aliphatic carbocycles. The Hall–Kier alpha value is -2.73. The second-order valence-corrected chi connectivity index (χ2v) is 5.51. The number of carbonyl (C=O) groups excluding carboxylic acids is 1. The molecule has 2 heterocycles. The zero-order valence-corrected chi connectivity index (χ0v) is 12.3. The maximum Gasteiger partial charge on any atom is 0.273 e. The van der Waals surface area contributed by atoms with Gasteiger partial charge in [-0.25, -0.2) is 5.43 Å². The van der Waals surface area contributed by atoms with Crippen molar-refractivity contribution < 1.29 is 9.18 Å². The highest BCUT2D eigenvalue weighted by molar-refractivity contribution is 7.12. The number of benzene rings is 1. The van der Waals surface area contributed by atoms with E-state index in [-0.39, 0.29) is 11.0 Å². The molecule has 2 aromatic heterocycles. The summed E-state index contributed by atoms with van der Waals surface area (Å²) in [6.07, 6.45) is 5.15. The molecule has 0 aliphatic rings. The van der Waals surface area contributed by atoms with Crippen LogP contribution in [0.4, 0.5) is 4.39 Å². The van der Waals surface area contributed by atoms with Crippen molar-refractivity contribution in [1.29, 1.82) is 0 Å². The highest BCUT2D eigenvalue weighted by Gasteiger charge is 2.10. The molecule has 3 aromatic rings. The van der Waals surface area contributed by atoms with E-state index in [1.807, 2.05) is 41.2 Å². The SMILES string of the molecule is O=C(N/N=C\c1ccc(F)s1)c1ccccc1-n1cccc1.